The molecular weight excluding hydrogens is 116 g/mol. The van der Waals surface area contributed by atoms with Crippen LogP contribution in [0.3, 0.4) is 0 Å². The number of nitriles is 1. The van der Waals surface area contributed by atoms with Crippen LogP contribution in [0.25, 0.3) is 0 Å². The van der Waals surface area contributed by atoms with Gasteiger partial charge >= 0.3 is 0 Å². The van der Waals surface area contributed by atoms with Crippen LogP contribution in [0.5, 0.6) is 0 Å². The van der Waals surface area contributed by atoms with Gasteiger partial charge in [-0.25, -0.2) is 0 Å². The van der Waals surface area contributed by atoms with Crippen molar-refractivity contribution >= 4 is 0 Å². The highest BCUT2D eigenvalue weighted by Gasteiger charge is 2.21. The highest BCUT2D eigenvalue weighted by atomic mass is 16.3. The van der Waals surface area contributed by atoms with E-state index in [2.05, 4.69) is 5.32 Å². The summed E-state index contributed by atoms with van der Waals surface area (Å²) in [6.45, 7) is 1.47. The van der Waals surface area contributed by atoms with Gasteiger partial charge in [-0.15, -0.1) is 0 Å². The number of aliphatic hydroxyl groups is 1. The van der Waals surface area contributed by atoms with Gasteiger partial charge in [-0.1, -0.05) is 0 Å². The Hall–Kier alpha value is -0.590. The second-order valence-corrected chi connectivity index (χ2v) is 2.30. The smallest absolute Gasteiger partial charge is 0.0847 e. The number of hydrogen-bond donors (Lipinski definition) is 2. The van der Waals surface area contributed by atoms with Crippen LogP contribution < -0.4 is 5.32 Å². The number of rotatable bonds is 0. The van der Waals surface area contributed by atoms with Gasteiger partial charge in [-0.3, -0.25) is 0 Å². The second-order valence-electron chi connectivity index (χ2n) is 2.30. The van der Waals surface area contributed by atoms with Gasteiger partial charge in [0, 0.05) is 6.54 Å². The van der Waals surface area contributed by atoms with Crippen molar-refractivity contribution in [3.05, 3.63) is 0 Å². The zero-order valence-electron chi connectivity index (χ0n) is 5.17. The molecule has 0 aromatic rings. The van der Waals surface area contributed by atoms with E-state index in [1.54, 1.807) is 0 Å². The minimum Gasteiger partial charge on any atom is -0.392 e. The Morgan fingerprint density at radius 1 is 1.67 bits per heavy atom. The number of nitrogens with zero attached hydrogens (tertiary/aromatic N) is 1. The number of hydrogen-bond acceptors (Lipinski definition) is 3. The Bertz CT molecular complexity index is 130. The van der Waals surface area contributed by atoms with Gasteiger partial charge < -0.3 is 10.4 Å². The van der Waals surface area contributed by atoms with Crippen molar-refractivity contribution in [1.82, 2.24) is 5.32 Å². The molecule has 1 aliphatic heterocycles. The Labute approximate surface area is 54.3 Å². The average molecular weight is 126 g/mol. The van der Waals surface area contributed by atoms with E-state index < -0.39 is 6.10 Å². The molecule has 1 heterocycles. The summed E-state index contributed by atoms with van der Waals surface area (Å²) < 4.78 is 0. The molecule has 0 radical (unpaired) electrons. The predicted octanol–water partition coefficient (Wildman–Crippen LogP) is -0.520. The highest BCUT2D eigenvalue weighted by molar-refractivity contribution is 4.92. The van der Waals surface area contributed by atoms with Crippen LogP contribution in [-0.4, -0.2) is 24.3 Å². The molecule has 0 spiro atoms. The second kappa shape index (κ2) is 2.81. The van der Waals surface area contributed by atoms with E-state index in [0.29, 0.717) is 13.0 Å². The van der Waals surface area contributed by atoms with Gasteiger partial charge in [0.1, 0.15) is 0 Å². The molecule has 2 N–H and O–H groups in total. The topological polar surface area (TPSA) is 56.0 Å². The van der Waals surface area contributed by atoms with E-state index in [1.807, 2.05) is 6.07 Å². The number of aliphatic hydroxyl groups excluding tert-OH is 1. The lowest BCUT2D eigenvalue weighted by Gasteiger charge is -2.22. The summed E-state index contributed by atoms with van der Waals surface area (Å²) >= 11 is 0. The maximum Gasteiger partial charge on any atom is 0.0847 e. The van der Waals surface area contributed by atoms with Gasteiger partial charge in [-0.2, -0.15) is 5.26 Å². The van der Waals surface area contributed by atoms with Crippen LogP contribution in [0.4, 0.5) is 0 Å². The minimum absolute atomic E-state index is 0.196. The molecule has 3 heteroatoms. The summed E-state index contributed by atoms with van der Waals surface area (Å²) in [5, 5.41) is 20.6. The number of nitrogens with one attached hydrogen (secondary N) is 1. The average Bonchev–Trinajstić information content (AvgIpc) is 1.89. The van der Waals surface area contributed by atoms with Crippen molar-refractivity contribution in [1.29, 1.82) is 5.26 Å². The summed E-state index contributed by atoms with van der Waals surface area (Å²) in [6, 6.07) is 2.04. The quantitative estimate of drug-likeness (QED) is 0.459. The van der Waals surface area contributed by atoms with E-state index in [1.165, 1.54) is 0 Å². The third-order valence-corrected chi connectivity index (χ3v) is 1.61. The monoisotopic (exact) mass is 126 g/mol. The molecule has 0 amide bonds. The molecule has 9 heavy (non-hydrogen) atoms. The minimum atomic E-state index is -0.406. The van der Waals surface area contributed by atoms with Crippen LogP contribution in [0.1, 0.15) is 6.42 Å². The van der Waals surface area contributed by atoms with Gasteiger partial charge in [0.25, 0.3) is 0 Å². The number of piperidine rings is 1. The van der Waals surface area contributed by atoms with Crippen LogP contribution in [0.15, 0.2) is 0 Å². The molecule has 3 nitrogen and oxygen atoms in total. The normalized spacial score (nSPS) is 35.6. The first-order valence-electron chi connectivity index (χ1n) is 3.13. The third kappa shape index (κ3) is 1.41. The summed E-state index contributed by atoms with van der Waals surface area (Å²) in [6.07, 6.45) is 0.300. The van der Waals surface area contributed by atoms with Crippen molar-refractivity contribution in [2.24, 2.45) is 5.92 Å². The standard InChI is InChI=1S/C6H10N2O/c7-3-5-4-8-2-1-6(5)9/h5-6,8-9H,1-2,4H2. The Morgan fingerprint density at radius 3 is 2.89 bits per heavy atom. The molecule has 50 valence electrons. The fourth-order valence-electron chi connectivity index (χ4n) is 0.976. The highest BCUT2D eigenvalue weighted by Crippen LogP contribution is 2.08. The predicted molar refractivity (Wildman–Crippen MR) is 32.6 cm³/mol. The summed E-state index contributed by atoms with van der Waals surface area (Å²) in [5.74, 6) is -0.196. The van der Waals surface area contributed by atoms with Crippen LogP contribution in [0, 0.1) is 17.2 Å². The molecule has 2 atom stereocenters. The van der Waals surface area contributed by atoms with Gasteiger partial charge in [-0.05, 0) is 13.0 Å². The SMILES string of the molecule is N#CC1CNCCC1O. The lowest BCUT2D eigenvalue weighted by Crippen LogP contribution is -2.38. The molecule has 0 aliphatic carbocycles. The van der Waals surface area contributed by atoms with Crippen LogP contribution >= 0.6 is 0 Å². The van der Waals surface area contributed by atoms with E-state index in [0.717, 1.165) is 6.54 Å². The van der Waals surface area contributed by atoms with E-state index in [4.69, 9.17) is 10.4 Å². The molecule has 0 aromatic heterocycles. The Morgan fingerprint density at radius 2 is 2.44 bits per heavy atom. The molecule has 1 saturated heterocycles. The van der Waals surface area contributed by atoms with Crippen LogP contribution in [-0.2, 0) is 0 Å². The maximum atomic E-state index is 9.11. The molecule has 1 aliphatic rings. The Balaban J connectivity index is 2.41. The third-order valence-electron chi connectivity index (χ3n) is 1.61. The van der Waals surface area contributed by atoms with Gasteiger partial charge in [0.2, 0.25) is 0 Å². The van der Waals surface area contributed by atoms with Gasteiger partial charge in [0.15, 0.2) is 0 Å². The summed E-state index contributed by atoms with van der Waals surface area (Å²) in [4.78, 5) is 0. The first-order chi connectivity index (χ1) is 4.34. The molecule has 0 bridgehead atoms. The molecule has 0 saturated carbocycles. The van der Waals surface area contributed by atoms with Crippen molar-refractivity contribution in [3.8, 4) is 6.07 Å². The summed E-state index contributed by atoms with van der Waals surface area (Å²) in [7, 11) is 0. The van der Waals surface area contributed by atoms with Crippen LogP contribution in [0.2, 0.25) is 0 Å². The lowest BCUT2D eigenvalue weighted by molar-refractivity contribution is 0.105. The van der Waals surface area contributed by atoms with Crippen molar-refractivity contribution in [3.63, 3.8) is 0 Å². The fourth-order valence-corrected chi connectivity index (χ4v) is 0.976. The van der Waals surface area contributed by atoms with E-state index in [-0.39, 0.29) is 5.92 Å². The Kier molecular flexibility index (Phi) is 2.04. The fraction of sp³-hybridized carbons (Fsp3) is 0.833. The molecule has 1 fully saturated rings. The van der Waals surface area contributed by atoms with Crippen molar-refractivity contribution in [2.75, 3.05) is 13.1 Å². The van der Waals surface area contributed by atoms with E-state index in [9.17, 15) is 0 Å². The maximum absolute atomic E-state index is 9.11. The largest absolute Gasteiger partial charge is 0.392 e. The molecule has 1 rings (SSSR count). The first-order valence-corrected chi connectivity index (χ1v) is 3.13. The van der Waals surface area contributed by atoms with Gasteiger partial charge in [0.05, 0.1) is 18.1 Å². The van der Waals surface area contributed by atoms with E-state index >= 15 is 0 Å². The zero-order chi connectivity index (χ0) is 6.69. The zero-order valence-corrected chi connectivity index (χ0v) is 5.17. The molecule has 0 aromatic carbocycles. The first kappa shape index (κ1) is 6.53. The van der Waals surface area contributed by atoms with Crippen molar-refractivity contribution in [2.45, 2.75) is 12.5 Å². The molecule has 2 unspecified atom stereocenters. The summed E-state index contributed by atoms with van der Waals surface area (Å²) in [5.41, 5.74) is 0. The lowest BCUT2D eigenvalue weighted by atomic mass is 9.98. The molecular formula is C6H10N2O. The van der Waals surface area contributed by atoms with Crippen molar-refractivity contribution < 1.29 is 5.11 Å².